The van der Waals surface area contributed by atoms with Crippen LogP contribution in [0.3, 0.4) is 0 Å². The number of nitrogens with zero attached hydrogens (tertiary/aromatic N) is 10. The average Bonchev–Trinajstić information content (AvgIpc) is 1.58. The molecule has 0 unspecified atom stereocenters. The molecule has 15 rings (SSSR count). The Kier molecular flexibility index (Phi) is 41.7. The molecule has 0 radical (unpaired) electrons. The van der Waals surface area contributed by atoms with Crippen LogP contribution in [0.4, 0.5) is 13.2 Å². The fraction of sp³-hybridized carbons (Fsp3) is 0.259. The minimum absolute atomic E-state index is 0. The smallest absolute Gasteiger partial charge is 0.796 e. The number of rotatable bonds is 17. The third-order valence-corrected chi connectivity index (χ3v) is 28.9. The Bertz CT molecular complexity index is 6920. The van der Waals surface area contributed by atoms with Crippen LogP contribution in [0.5, 0.6) is 5.75 Å². The molecule has 0 aliphatic carbocycles. The quantitative estimate of drug-likeness (QED) is 0.0107. The summed E-state index contributed by atoms with van der Waals surface area (Å²) in [5.41, 5.74) is 15.9. The molecule has 0 aliphatic heterocycles. The van der Waals surface area contributed by atoms with Gasteiger partial charge >= 0.3 is 35.7 Å². The van der Waals surface area contributed by atoms with Crippen molar-refractivity contribution in [3.8, 4) is 5.75 Å². The first-order valence-corrected chi connectivity index (χ1v) is 52.6. The van der Waals surface area contributed by atoms with Gasteiger partial charge in [0, 0.05) is 122 Å². The minimum Gasteiger partial charge on any atom is -0.796 e. The number of aromatic nitrogens is 15. The van der Waals surface area contributed by atoms with Gasteiger partial charge < -0.3 is 57.9 Å². The van der Waals surface area contributed by atoms with Crippen LogP contribution in [0, 0.1) is 89.6 Å². The fourth-order valence-corrected chi connectivity index (χ4v) is 20.1. The number of benzene rings is 4. The van der Waals surface area contributed by atoms with Crippen molar-refractivity contribution in [3.05, 3.63) is 287 Å². The molecule has 29 nitrogen and oxygen atoms in total. The van der Waals surface area contributed by atoms with Crippen molar-refractivity contribution in [1.82, 2.24) is 59.8 Å². The summed E-state index contributed by atoms with van der Waals surface area (Å²) in [6.45, 7) is 16.0. The third-order valence-electron chi connectivity index (χ3n) is 19.0. The van der Waals surface area contributed by atoms with Gasteiger partial charge in [-0.15, -0.1) is 23.4 Å². The summed E-state index contributed by atoms with van der Waals surface area (Å²) >= 11 is 23.5. The maximum Gasteiger partial charge on any atom is 1.00 e. The van der Waals surface area contributed by atoms with Crippen molar-refractivity contribution in [2.75, 3.05) is 44.1 Å². The van der Waals surface area contributed by atoms with E-state index in [1.807, 2.05) is 124 Å². The molecule has 0 bridgehead atoms. The second kappa shape index (κ2) is 49.5. The number of fused-ring (bicyclic) bond motifs is 4. The largest absolute Gasteiger partial charge is 1.00 e. The van der Waals surface area contributed by atoms with Gasteiger partial charge in [-0.2, -0.15) is 33.6 Å². The number of halogens is 5. The molecule has 11 heterocycles. The van der Waals surface area contributed by atoms with E-state index in [1.54, 1.807) is 90.9 Å². The van der Waals surface area contributed by atoms with Crippen LogP contribution in [0.15, 0.2) is 223 Å². The third kappa shape index (κ3) is 31.5. The van der Waals surface area contributed by atoms with Crippen molar-refractivity contribution < 1.29 is 104 Å². The number of alkyl halides is 4. The summed E-state index contributed by atoms with van der Waals surface area (Å²) in [5, 5.41) is 35.0. The number of pyridine rings is 7. The summed E-state index contributed by atoms with van der Waals surface area (Å²) in [4.78, 5) is 47.1. The molecule has 0 saturated heterocycles. The van der Waals surface area contributed by atoms with E-state index in [-0.39, 0.29) is 62.5 Å². The van der Waals surface area contributed by atoms with Gasteiger partial charge in [0.25, 0.3) is 0 Å². The maximum atomic E-state index is 12.5. The molecule has 11 aromatic heterocycles. The van der Waals surface area contributed by atoms with Gasteiger partial charge in [-0.25, -0.2) is 48.6 Å². The van der Waals surface area contributed by atoms with Crippen LogP contribution in [0.25, 0.3) is 44.1 Å². The zero-order valence-corrected chi connectivity index (χ0v) is 85.2. The van der Waals surface area contributed by atoms with Gasteiger partial charge in [-0.1, -0.05) is 71.9 Å². The van der Waals surface area contributed by atoms with E-state index in [2.05, 4.69) is 72.4 Å². The molecule has 5 N–H and O–H groups in total. The molecule has 2 atom stereocenters. The molecule has 130 heavy (non-hydrogen) atoms. The molecule has 0 saturated carbocycles. The zero-order chi connectivity index (χ0) is 95.8. The number of para-hydroxylation sites is 8. The van der Waals surface area contributed by atoms with Crippen LogP contribution in [-0.2, 0) is 96.7 Å². The molecule has 0 spiro atoms. The van der Waals surface area contributed by atoms with E-state index in [0.29, 0.717) is 102 Å². The van der Waals surface area contributed by atoms with E-state index >= 15 is 0 Å². The first-order valence-electron chi connectivity index (χ1n) is 38.0. The molecular formula is C85H93Cl2F3N15NaO14S10. The molecule has 0 aliphatic rings. The Hall–Kier alpha value is -9.25. The van der Waals surface area contributed by atoms with Crippen LogP contribution >= 0.6 is 58.9 Å². The van der Waals surface area contributed by atoms with Crippen LogP contribution in [0.2, 0.25) is 5.02 Å². The summed E-state index contributed by atoms with van der Waals surface area (Å²) < 4.78 is 162. The molecule has 15 aromatic rings. The summed E-state index contributed by atoms with van der Waals surface area (Å²) in [7, 11) is -15.9. The number of imidazole rings is 4. The van der Waals surface area contributed by atoms with E-state index in [4.69, 9.17) is 40.2 Å². The molecule has 4 aromatic carbocycles. The average molecular weight is 2020 g/mol. The van der Waals surface area contributed by atoms with Gasteiger partial charge in [0.05, 0.1) is 130 Å². The Morgan fingerprint density at radius 1 is 0.462 bits per heavy atom. The zero-order valence-electron chi connectivity index (χ0n) is 73.5. The predicted molar refractivity (Wildman–Crippen MR) is 506 cm³/mol. The van der Waals surface area contributed by atoms with Gasteiger partial charge in [-0.05, 0) is 156 Å². The van der Waals surface area contributed by atoms with Crippen molar-refractivity contribution in [1.29, 1.82) is 0 Å². The Morgan fingerprint density at radius 2 is 0.815 bits per heavy atom. The SMILES string of the molecule is CSc1cc[n+]([O-])c(C)c1C.C[S-].Cc1c(Cl)cc[n+]([O-])c1C.Cc1c(OCC(F)(F)F)ccnc1C[S@](=O)c1nc2ccccc2[nH]1.Cc1c(S(C)(=O)=O)cc[n+]([O-])c1C.Cc1c(S(C)(=O)=O)ccnc1CCl.Cc1c(S(C)(=O)=O)ccnc1CSc1nc2ccccc2[nH]1.Cc1c(S(C)(=O)=O)ccnc1C[S@](=O)c1nc2ccccc2[nH]1.S=c1[nH]c2ccccc2[nH]1.[Na+]. The number of thioether (sulfide) groups is 2. The van der Waals surface area contributed by atoms with Crippen LogP contribution < -0.4 is 48.5 Å². The number of ether oxygens (including phenoxy) is 1. The Balaban J connectivity index is 0.000000233. The number of aromatic amines is 5. The minimum atomic E-state index is -4.42. The Labute approximate surface area is 808 Å². The first-order chi connectivity index (χ1) is 60.6. The van der Waals surface area contributed by atoms with E-state index in [1.165, 1.54) is 90.6 Å². The van der Waals surface area contributed by atoms with Crippen LogP contribution in [0.1, 0.15) is 78.8 Å². The second-order valence-electron chi connectivity index (χ2n) is 28.1. The van der Waals surface area contributed by atoms with E-state index in [0.717, 1.165) is 88.3 Å². The topological polar surface area (TPSA) is 430 Å². The predicted octanol–water partition coefficient (Wildman–Crippen LogP) is 13.0. The molecule has 0 amide bonds. The van der Waals surface area contributed by atoms with Crippen molar-refractivity contribution >= 4 is 177 Å². The summed E-state index contributed by atoms with van der Waals surface area (Å²) in [5.74, 6) is 0.998. The molecule has 0 fully saturated rings. The Morgan fingerprint density at radius 3 is 1.23 bits per heavy atom. The van der Waals surface area contributed by atoms with Gasteiger partial charge in [-0.3, -0.25) is 28.4 Å². The standard InChI is InChI=1S/C16H14F3N3O2S.C15H15N3O3S2.C15H15N3O2S2.C8H10ClNO2S.C8H11NO3S.C8H11NOS.C7H8ClNO.C7H6N2S.CH4S.Na/c1-10-13(20-7-6-14(10)24-9-16(17,18)19)8-25(23)15-21-11-4-2-3-5-12(11)22-15;1-10-13(16-8-7-14(10)23(2,20)21)9-22(19)15-17-11-5-3-4-6-12(11)18-15;1-10-13(16-8-7-14(10)22(2,19)20)9-21-15-17-11-5-3-4-6-12(11)18-15;1-6-7(5-9)10-4-3-8(6)13(2,11)12;1-6-7(2)9(10)5-4-8(6)13(3,11)12;1-6-7(2)9(10)5-4-8(6)11-3;1-5-6(2)9(10)4-3-7(5)8;10-7-8-5-3-1-2-4-6(5)9-7;1-2;/h2-7H,8-9H2,1H3,(H,21,22);3-8H,9H2,1-2H3,(H,17,18);3-8H,9H2,1-2H3,(H,17,18);3-4H,5H2,1-2H3;4-5H,1-3H3;4-5H,1-3H3;3-4H,1-2H3;1-4H,(H2,8,9,10);2H,1H3;/q;;;;;;;;;+1/p-1/t25-;22-;;;;;;;;/m00......../s1. The van der Waals surface area contributed by atoms with E-state index in [9.17, 15) is 70.9 Å². The van der Waals surface area contributed by atoms with Crippen LogP contribution in [-0.4, -0.2) is 152 Å². The number of H-pyrrole nitrogens is 5. The molecule has 45 heteroatoms. The van der Waals surface area contributed by atoms with E-state index < -0.39 is 73.7 Å². The number of hydrogen-bond donors (Lipinski definition) is 5. The van der Waals surface area contributed by atoms with Crippen molar-refractivity contribution in [2.24, 2.45) is 0 Å². The van der Waals surface area contributed by atoms with Crippen molar-refractivity contribution in [2.45, 2.75) is 138 Å². The fourth-order valence-electron chi connectivity index (χ4n) is 11.7. The summed E-state index contributed by atoms with van der Waals surface area (Å²) in [6.07, 6.45) is 13.8. The van der Waals surface area contributed by atoms with Crippen molar-refractivity contribution in [3.63, 3.8) is 0 Å². The molecule has 688 valence electrons. The van der Waals surface area contributed by atoms with Gasteiger partial charge in [0.1, 0.15) is 5.75 Å². The first kappa shape index (κ1) is 110. The van der Waals surface area contributed by atoms with Gasteiger partial charge in [0.2, 0.25) is 0 Å². The summed E-state index contributed by atoms with van der Waals surface area (Å²) in [6, 6.07) is 41.0. The molecular weight excluding hydrogens is 1930 g/mol. The number of hydrogen-bond acceptors (Lipinski definition) is 25. The normalized spacial score (nSPS) is 11.7. The van der Waals surface area contributed by atoms with Gasteiger partial charge in [0.15, 0.2) is 102 Å². The second-order valence-corrected chi connectivity index (χ2v) is 41.6. The number of sulfone groups is 4. The monoisotopic (exact) mass is 2020 g/mol. The maximum absolute atomic E-state index is 12.5. The number of nitrogens with one attached hydrogen (secondary N) is 5.